The van der Waals surface area contributed by atoms with Crippen molar-refractivity contribution < 1.29 is 9.00 Å². The number of fused-ring (bicyclic) bond motifs is 1. The molecule has 0 aliphatic carbocycles. The second kappa shape index (κ2) is 5.33. The maximum Gasteiger partial charge on any atom is 0.256 e. The molecule has 1 aromatic carbocycles. The van der Waals surface area contributed by atoms with Crippen molar-refractivity contribution in [2.24, 2.45) is 0 Å². The van der Waals surface area contributed by atoms with Gasteiger partial charge in [-0.25, -0.2) is 0 Å². The van der Waals surface area contributed by atoms with Crippen LogP contribution in [0.1, 0.15) is 22.3 Å². The zero-order chi connectivity index (χ0) is 13.2. The van der Waals surface area contributed by atoms with Gasteiger partial charge >= 0.3 is 0 Å². The van der Waals surface area contributed by atoms with Crippen LogP contribution in [0.2, 0.25) is 0 Å². The molecular formula is C14H18N2O2S. The highest BCUT2D eigenvalue weighted by Gasteiger charge is 2.24. The second-order valence-electron chi connectivity index (χ2n) is 5.01. The molecule has 1 fully saturated rings. The average molecular weight is 278 g/mol. The summed E-state index contributed by atoms with van der Waals surface area (Å²) in [5.74, 6) is 1.28. The van der Waals surface area contributed by atoms with Crippen molar-refractivity contribution in [2.75, 3.05) is 36.5 Å². The van der Waals surface area contributed by atoms with Gasteiger partial charge in [0.2, 0.25) is 0 Å². The third-order valence-corrected chi connectivity index (χ3v) is 5.05. The van der Waals surface area contributed by atoms with Gasteiger partial charge in [0, 0.05) is 41.9 Å². The van der Waals surface area contributed by atoms with Gasteiger partial charge in [0.1, 0.15) is 0 Å². The number of anilines is 1. The number of carbonyl (C=O) groups excluding carboxylic acids is 1. The standard InChI is InChI=1S/C14H18N2O2S/c17-14(16-7-9-19(18)10-8-16)12-5-1-3-11-4-2-6-15-13(11)12/h1,3,5,15H,2,4,6-10H2. The topological polar surface area (TPSA) is 49.4 Å². The molecular weight excluding hydrogens is 260 g/mol. The highest BCUT2D eigenvalue weighted by atomic mass is 32.2. The predicted octanol–water partition coefficient (Wildman–Crippen LogP) is 1.25. The Labute approximate surface area is 115 Å². The van der Waals surface area contributed by atoms with E-state index in [4.69, 9.17) is 0 Å². The largest absolute Gasteiger partial charge is 0.384 e. The lowest BCUT2D eigenvalue weighted by atomic mass is 9.99. The molecule has 3 rings (SSSR count). The van der Waals surface area contributed by atoms with E-state index in [-0.39, 0.29) is 5.91 Å². The Balaban J connectivity index is 1.85. The summed E-state index contributed by atoms with van der Waals surface area (Å²) in [7, 11) is -0.745. The van der Waals surface area contributed by atoms with Gasteiger partial charge in [-0.3, -0.25) is 9.00 Å². The van der Waals surface area contributed by atoms with Gasteiger partial charge in [-0.05, 0) is 24.5 Å². The van der Waals surface area contributed by atoms with Crippen LogP contribution >= 0.6 is 0 Å². The van der Waals surface area contributed by atoms with E-state index in [0.29, 0.717) is 24.6 Å². The van der Waals surface area contributed by atoms with Gasteiger partial charge in [0.25, 0.3) is 5.91 Å². The fourth-order valence-electron chi connectivity index (χ4n) is 2.70. The number of benzene rings is 1. The highest BCUT2D eigenvalue weighted by molar-refractivity contribution is 7.85. The average Bonchev–Trinajstić information content (AvgIpc) is 2.47. The van der Waals surface area contributed by atoms with Crippen LogP contribution in [0.25, 0.3) is 0 Å². The van der Waals surface area contributed by atoms with Gasteiger partial charge in [-0.15, -0.1) is 0 Å². The van der Waals surface area contributed by atoms with E-state index in [1.54, 1.807) is 0 Å². The molecule has 4 nitrogen and oxygen atoms in total. The summed E-state index contributed by atoms with van der Waals surface area (Å²) < 4.78 is 11.4. The zero-order valence-corrected chi connectivity index (χ0v) is 11.7. The van der Waals surface area contributed by atoms with Gasteiger partial charge in [-0.1, -0.05) is 12.1 Å². The summed E-state index contributed by atoms with van der Waals surface area (Å²) in [6.07, 6.45) is 2.15. The van der Waals surface area contributed by atoms with Crippen LogP contribution in [0.15, 0.2) is 18.2 Å². The molecule has 102 valence electrons. The Kier molecular flexibility index (Phi) is 3.55. The lowest BCUT2D eigenvalue weighted by Gasteiger charge is -2.28. The Morgan fingerprint density at radius 1 is 1.26 bits per heavy atom. The normalized spacial score (nSPS) is 19.7. The SMILES string of the molecule is O=C(c1cccc2c1NCCC2)N1CCS(=O)CC1. The fraction of sp³-hybridized carbons (Fsp3) is 0.500. The Morgan fingerprint density at radius 2 is 2.05 bits per heavy atom. The van der Waals surface area contributed by atoms with Crippen molar-refractivity contribution in [3.05, 3.63) is 29.3 Å². The maximum atomic E-state index is 12.6. The van der Waals surface area contributed by atoms with Gasteiger partial charge in [-0.2, -0.15) is 0 Å². The third kappa shape index (κ3) is 2.52. The molecule has 0 radical (unpaired) electrons. The van der Waals surface area contributed by atoms with Crippen molar-refractivity contribution in [3.8, 4) is 0 Å². The number of para-hydroxylation sites is 1. The van der Waals surface area contributed by atoms with Crippen LogP contribution in [0, 0.1) is 0 Å². The number of carbonyl (C=O) groups is 1. The minimum absolute atomic E-state index is 0.0722. The summed E-state index contributed by atoms with van der Waals surface area (Å²) in [5.41, 5.74) is 3.01. The molecule has 0 spiro atoms. The summed E-state index contributed by atoms with van der Waals surface area (Å²) in [4.78, 5) is 14.4. The quantitative estimate of drug-likeness (QED) is 0.841. The Morgan fingerprint density at radius 3 is 2.84 bits per heavy atom. The molecule has 19 heavy (non-hydrogen) atoms. The molecule has 2 aliphatic rings. The van der Waals surface area contributed by atoms with E-state index in [2.05, 4.69) is 11.4 Å². The van der Waals surface area contributed by atoms with E-state index >= 15 is 0 Å². The van der Waals surface area contributed by atoms with Crippen molar-refractivity contribution >= 4 is 22.4 Å². The molecule has 0 aromatic heterocycles. The first-order valence-electron chi connectivity index (χ1n) is 6.76. The molecule has 1 aromatic rings. The monoisotopic (exact) mass is 278 g/mol. The number of amides is 1. The van der Waals surface area contributed by atoms with Gasteiger partial charge in [0.15, 0.2) is 0 Å². The van der Waals surface area contributed by atoms with Crippen molar-refractivity contribution in [3.63, 3.8) is 0 Å². The number of nitrogens with one attached hydrogen (secondary N) is 1. The molecule has 2 aliphatic heterocycles. The first kappa shape index (κ1) is 12.7. The molecule has 1 N–H and O–H groups in total. The summed E-state index contributed by atoms with van der Waals surface area (Å²) >= 11 is 0. The predicted molar refractivity (Wildman–Crippen MR) is 77.0 cm³/mol. The lowest BCUT2D eigenvalue weighted by Crippen LogP contribution is -2.42. The first-order chi connectivity index (χ1) is 9.25. The van der Waals surface area contributed by atoms with E-state index < -0.39 is 10.8 Å². The van der Waals surface area contributed by atoms with Crippen LogP contribution in [0.3, 0.4) is 0 Å². The first-order valence-corrected chi connectivity index (χ1v) is 8.24. The molecule has 2 heterocycles. The van der Waals surface area contributed by atoms with Crippen LogP contribution in [-0.2, 0) is 17.2 Å². The smallest absolute Gasteiger partial charge is 0.256 e. The molecule has 0 unspecified atom stereocenters. The van der Waals surface area contributed by atoms with Crippen LogP contribution < -0.4 is 5.32 Å². The van der Waals surface area contributed by atoms with Crippen LogP contribution in [-0.4, -0.2) is 46.2 Å². The van der Waals surface area contributed by atoms with Crippen molar-refractivity contribution in [1.82, 2.24) is 4.90 Å². The fourth-order valence-corrected chi connectivity index (χ4v) is 3.75. The molecule has 1 amide bonds. The number of hydrogen-bond acceptors (Lipinski definition) is 3. The third-order valence-electron chi connectivity index (χ3n) is 3.77. The molecule has 0 bridgehead atoms. The summed E-state index contributed by atoms with van der Waals surface area (Å²) in [6, 6.07) is 5.94. The molecule has 0 atom stereocenters. The minimum atomic E-state index is -0.745. The van der Waals surface area contributed by atoms with Crippen LogP contribution in [0.5, 0.6) is 0 Å². The molecule has 0 saturated carbocycles. The van der Waals surface area contributed by atoms with Crippen molar-refractivity contribution in [1.29, 1.82) is 0 Å². The molecule has 5 heteroatoms. The Bertz CT molecular complexity index is 520. The number of rotatable bonds is 1. The maximum absolute atomic E-state index is 12.6. The number of aryl methyl sites for hydroxylation is 1. The minimum Gasteiger partial charge on any atom is -0.384 e. The highest BCUT2D eigenvalue weighted by Crippen LogP contribution is 2.27. The second-order valence-corrected chi connectivity index (χ2v) is 6.71. The zero-order valence-electron chi connectivity index (χ0n) is 10.9. The molecule has 1 saturated heterocycles. The summed E-state index contributed by atoms with van der Waals surface area (Å²) in [6.45, 7) is 2.14. The summed E-state index contributed by atoms with van der Waals surface area (Å²) in [5, 5.41) is 3.35. The van der Waals surface area contributed by atoms with Crippen LogP contribution in [0.4, 0.5) is 5.69 Å². The lowest BCUT2D eigenvalue weighted by molar-refractivity contribution is 0.0772. The number of nitrogens with zero attached hydrogens (tertiary/aromatic N) is 1. The van der Waals surface area contributed by atoms with Crippen molar-refractivity contribution in [2.45, 2.75) is 12.8 Å². The van der Waals surface area contributed by atoms with E-state index in [0.717, 1.165) is 30.6 Å². The number of hydrogen-bond donors (Lipinski definition) is 1. The van der Waals surface area contributed by atoms with E-state index in [1.165, 1.54) is 5.56 Å². The van der Waals surface area contributed by atoms with Gasteiger partial charge < -0.3 is 10.2 Å². The van der Waals surface area contributed by atoms with E-state index in [9.17, 15) is 9.00 Å². The van der Waals surface area contributed by atoms with Gasteiger partial charge in [0.05, 0.1) is 11.3 Å². The Hall–Kier alpha value is -1.36. The van der Waals surface area contributed by atoms with E-state index in [1.807, 2.05) is 17.0 Å².